The lowest BCUT2D eigenvalue weighted by atomic mass is 10.0. The maximum atomic E-state index is 10.1. The third kappa shape index (κ3) is 3.20. The van der Waals surface area contributed by atoms with Crippen molar-refractivity contribution < 1.29 is 5.11 Å². The first-order valence-electron chi connectivity index (χ1n) is 5.83. The third-order valence-corrected chi connectivity index (χ3v) is 3.54. The lowest BCUT2D eigenvalue weighted by molar-refractivity contribution is 0.167. The fourth-order valence-corrected chi connectivity index (χ4v) is 2.33. The second-order valence-electron chi connectivity index (χ2n) is 4.11. The Labute approximate surface area is 106 Å². The number of aromatic nitrogens is 1. The average molecular weight is 247 g/mol. The number of benzene rings is 1. The second kappa shape index (κ2) is 6.03. The van der Waals surface area contributed by atoms with Gasteiger partial charge in [0.1, 0.15) is 0 Å². The summed E-state index contributed by atoms with van der Waals surface area (Å²) in [5.74, 6) is 1.10. The zero-order valence-corrected chi connectivity index (χ0v) is 10.8. The maximum Gasteiger partial charge on any atom is 0.0791 e. The molecular formula is C14H17NOS. The van der Waals surface area contributed by atoms with Crippen molar-refractivity contribution in [1.82, 2.24) is 4.98 Å². The summed E-state index contributed by atoms with van der Waals surface area (Å²) in [6, 6.07) is 9.96. The van der Waals surface area contributed by atoms with Gasteiger partial charge >= 0.3 is 0 Å². The Kier molecular flexibility index (Phi) is 4.40. The van der Waals surface area contributed by atoms with Crippen LogP contribution in [-0.4, -0.2) is 22.1 Å². The standard InChI is InChI=1S/C14H17NOS/c1-17-9-3-5-14(16)12-7-6-11-4-2-8-15-13(11)10-12/h2,4,6-8,10,14,16H,3,5,9H2,1H3. The first-order valence-corrected chi connectivity index (χ1v) is 7.22. The summed E-state index contributed by atoms with van der Waals surface area (Å²) in [5.41, 5.74) is 1.92. The van der Waals surface area contributed by atoms with Crippen molar-refractivity contribution in [2.24, 2.45) is 0 Å². The number of aliphatic hydroxyl groups excluding tert-OH is 1. The number of aliphatic hydroxyl groups is 1. The Morgan fingerprint density at radius 3 is 3.06 bits per heavy atom. The van der Waals surface area contributed by atoms with E-state index in [2.05, 4.69) is 11.2 Å². The molecule has 0 fully saturated rings. The van der Waals surface area contributed by atoms with Gasteiger partial charge in [0.2, 0.25) is 0 Å². The lowest BCUT2D eigenvalue weighted by Gasteiger charge is -2.11. The monoisotopic (exact) mass is 247 g/mol. The zero-order chi connectivity index (χ0) is 12.1. The van der Waals surface area contributed by atoms with Crippen LogP contribution in [0.4, 0.5) is 0 Å². The smallest absolute Gasteiger partial charge is 0.0791 e. The van der Waals surface area contributed by atoms with Crippen molar-refractivity contribution in [1.29, 1.82) is 0 Å². The van der Waals surface area contributed by atoms with Crippen LogP contribution in [0.5, 0.6) is 0 Å². The van der Waals surface area contributed by atoms with Crippen molar-refractivity contribution in [2.75, 3.05) is 12.0 Å². The van der Waals surface area contributed by atoms with Gasteiger partial charge in [-0.2, -0.15) is 11.8 Å². The Bertz CT molecular complexity index is 486. The minimum Gasteiger partial charge on any atom is -0.388 e. The van der Waals surface area contributed by atoms with Crippen LogP contribution in [0.15, 0.2) is 36.5 Å². The molecule has 0 amide bonds. The highest BCUT2D eigenvalue weighted by atomic mass is 32.2. The summed E-state index contributed by atoms with van der Waals surface area (Å²) in [6.45, 7) is 0. The van der Waals surface area contributed by atoms with Crippen LogP contribution in [0.1, 0.15) is 24.5 Å². The molecule has 0 aliphatic carbocycles. The number of fused-ring (bicyclic) bond motifs is 1. The molecule has 2 rings (SSSR count). The van der Waals surface area contributed by atoms with Gasteiger partial charge in [-0.3, -0.25) is 4.98 Å². The van der Waals surface area contributed by atoms with Gasteiger partial charge < -0.3 is 5.11 Å². The van der Waals surface area contributed by atoms with Gasteiger partial charge in [0.05, 0.1) is 11.6 Å². The molecule has 0 aliphatic heterocycles. The fraction of sp³-hybridized carbons (Fsp3) is 0.357. The molecule has 1 atom stereocenters. The predicted molar refractivity (Wildman–Crippen MR) is 74.3 cm³/mol. The molecule has 0 saturated carbocycles. The van der Waals surface area contributed by atoms with Gasteiger partial charge in [0.25, 0.3) is 0 Å². The Morgan fingerprint density at radius 1 is 1.35 bits per heavy atom. The van der Waals surface area contributed by atoms with E-state index in [4.69, 9.17) is 0 Å². The van der Waals surface area contributed by atoms with Crippen LogP contribution in [0.25, 0.3) is 10.9 Å². The summed E-state index contributed by atoms with van der Waals surface area (Å²) in [6.07, 6.45) is 5.37. The predicted octanol–water partition coefficient (Wildman–Crippen LogP) is 3.41. The van der Waals surface area contributed by atoms with E-state index in [-0.39, 0.29) is 6.10 Å². The summed E-state index contributed by atoms with van der Waals surface area (Å²) in [5, 5.41) is 11.2. The van der Waals surface area contributed by atoms with Crippen molar-refractivity contribution in [3.05, 3.63) is 42.1 Å². The largest absolute Gasteiger partial charge is 0.388 e. The molecule has 1 unspecified atom stereocenters. The molecule has 0 saturated heterocycles. The van der Waals surface area contributed by atoms with Gasteiger partial charge in [-0.05, 0) is 42.5 Å². The van der Waals surface area contributed by atoms with Crippen molar-refractivity contribution >= 4 is 22.7 Å². The van der Waals surface area contributed by atoms with Crippen LogP contribution < -0.4 is 0 Å². The van der Waals surface area contributed by atoms with Gasteiger partial charge in [0, 0.05) is 11.6 Å². The van der Waals surface area contributed by atoms with Gasteiger partial charge in [0.15, 0.2) is 0 Å². The number of rotatable bonds is 5. The molecule has 0 spiro atoms. The number of hydrogen-bond donors (Lipinski definition) is 1. The summed E-state index contributed by atoms with van der Waals surface area (Å²) in [7, 11) is 0. The molecular weight excluding hydrogens is 230 g/mol. The molecule has 1 aromatic carbocycles. The average Bonchev–Trinajstić information content (AvgIpc) is 2.38. The van der Waals surface area contributed by atoms with E-state index >= 15 is 0 Å². The number of pyridine rings is 1. The molecule has 1 N–H and O–H groups in total. The molecule has 0 radical (unpaired) electrons. The van der Waals surface area contributed by atoms with E-state index in [1.165, 1.54) is 0 Å². The van der Waals surface area contributed by atoms with E-state index in [0.29, 0.717) is 0 Å². The van der Waals surface area contributed by atoms with Crippen molar-refractivity contribution in [3.63, 3.8) is 0 Å². The van der Waals surface area contributed by atoms with E-state index in [0.717, 1.165) is 35.1 Å². The van der Waals surface area contributed by atoms with Crippen LogP contribution in [0, 0.1) is 0 Å². The van der Waals surface area contributed by atoms with E-state index < -0.39 is 0 Å². The fourth-order valence-electron chi connectivity index (χ4n) is 1.88. The first-order chi connectivity index (χ1) is 8.31. The second-order valence-corrected chi connectivity index (χ2v) is 5.09. The van der Waals surface area contributed by atoms with Crippen molar-refractivity contribution in [3.8, 4) is 0 Å². The van der Waals surface area contributed by atoms with Gasteiger partial charge in [-0.15, -0.1) is 0 Å². The highest BCUT2D eigenvalue weighted by Crippen LogP contribution is 2.22. The summed E-state index contributed by atoms with van der Waals surface area (Å²) in [4.78, 5) is 4.31. The van der Waals surface area contributed by atoms with E-state index in [9.17, 15) is 5.11 Å². The maximum absolute atomic E-state index is 10.1. The zero-order valence-electron chi connectivity index (χ0n) is 9.97. The van der Waals surface area contributed by atoms with Crippen LogP contribution in [-0.2, 0) is 0 Å². The van der Waals surface area contributed by atoms with Crippen LogP contribution >= 0.6 is 11.8 Å². The summed E-state index contributed by atoms with van der Waals surface area (Å²) < 4.78 is 0. The third-order valence-electron chi connectivity index (χ3n) is 2.84. The molecule has 1 aromatic heterocycles. The molecule has 0 bridgehead atoms. The van der Waals surface area contributed by atoms with Gasteiger partial charge in [-0.25, -0.2) is 0 Å². The molecule has 2 aromatic rings. The van der Waals surface area contributed by atoms with Crippen molar-refractivity contribution in [2.45, 2.75) is 18.9 Å². The highest BCUT2D eigenvalue weighted by Gasteiger charge is 2.07. The molecule has 2 nitrogen and oxygen atoms in total. The lowest BCUT2D eigenvalue weighted by Crippen LogP contribution is -1.98. The van der Waals surface area contributed by atoms with E-state index in [1.807, 2.05) is 42.1 Å². The quantitative estimate of drug-likeness (QED) is 0.822. The van der Waals surface area contributed by atoms with Crippen LogP contribution in [0.3, 0.4) is 0 Å². The molecule has 17 heavy (non-hydrogen) atoms. The normalized spacial score (nSPS) is 12.8. The Morgan fingerprint density at radius 2 is 2.24 bits per heavy atom. The highest BCUT2D eigenvalue weighted by molar-refractivity contribution is 7.98. The van der Waals surface area contributed by atoms with Crippen LogP contribution in [0.2, 0.25) is 0 Å². The summed E-state index contributed by atoms with van der Waals surface area (Å²) >= 11 is 1.82. The first kappa shape index (κ1) is 12.4. The SMILES string of the molecule is CSCCCC(O)c1ccc2cccnc2c1. The molecule has 90 valence electrons. The Balaban J connectivity index is 2.12. The molecule has 3 heteroatoms. The molecule has 0 aliphatic rings. The topological polar surface area (TPSA) is 33.1 Å². The Hall–Kier alpha value is -1.06. The number of hydrogen-bond acceptors (Lipinski definition) is 3. The number of thioether (sulfide) groups is 1. The molecule has 1 heterocycles. The number of nitrogens with zero attached hydrogens (tertiary/aromatic N) is 1. The van der Waals surface area contributed by atoms with Gasteiger partial charge in [-0.1, -0.05) is 18.2 Å². The minimum atomic E-state index is -0.367. The van der Waals surface area contributed by atoms with E-state index in [1.54, 1.807) is 6.20 Å². The minimum absolute atomic E-state index is 0.367.